The van der Waals surface area contributed by atoms with Crippen LogP contribution in [0.25, 0.3) is 22.3 Å². The fourth-order valence-electron chi connectivity index (χ4n) is 7.71. The molecule has 392 valence electrons. The molecule has 3 aliphatic heterocycles. The highest BCUT2D eigenvalue weighted by atomic mass is 32.7. The summed E-state index contributed by atoms with van der Waals surface area (Å²) >= 11 is 10.4. The van der Waals surface area contributed by atoms with E-state index >= 15 is 0 Å². The third-order valence-corrected chi connectivity index (χ3v) is 25.9. The van der Waals surface area contributed by atoms with Gasteiger partial charge in [-0.1, -0.05) is 85.8 Å². The van der Waals surface area contributed by atoms with Crippen LogP contribution in [-0.4, -0.2) is 122 Å². The molecule has 4 N–H and O–H groups in total. The van der Waals surface area contributed by atoms with Gasteiger partial charge in [0, 0.05) is 11.5 Å². The van der Waals surface area contributed by atoms with Gasteiger partial charge in [-0.3, -0.25) is 47.4 Å². The Hall–Kier alpha value is -3.64. The number of carbonyl (C=O) groups is 2. The van der Waals surface area contributed by atoms with Crippen LogP contribution in [0.15, 0.2) is 54.1 Å². The average molecular weight is 1110 g/mol. The smallest absolute Gasteiger partial charge is 0.386 e. The predicted molar refractivity (Wildman–Crippen MR) is 278 cm³/mol. The first kappa shape index (κ1) is 54.6. The number of H-pyrrole nitrogens is 1. The van der Waals surface area contributed by atoms with Gasteiger partial charge in [0.05, 0.1) is 25.9 Å². The van der Waals surface area contributed by atoms with E-state index in [4.69, 9.17) is 48.2 Å². The first-order valence-electron chi connectivity index (χ1n) is 23.3. The van der Waals surface area contributed by atoms with Crippen LogP contribution < -0.4 is 16.2 Å². The van der Waals surface area contributed by atoms with Crippen molar-refractivity contribution in [2.45, 2.75) is 141 Å². The Morgan fingerprint density at radius 1 is 0.833 bits per heavy atom. The van der Waals surface area contributed by atoms with E-state index in [1.54, 1.807) is 48.7 Å². The Bertz CT molecular complexity index is 3010. The molecule has 10 atom stereocenters. The van der Waals surface area contributed by atoms with Crippen LogP contribution in [0.1, 0.15) is 78.2 Å². The number of hydrogen-bond acceptors (Lipinski definition) is 18. The summed E-state index contributed by atoms with van der Waals surface area (Å²) in [6.45, 7) is 13.9. The summed E-state index contributed by atoms with van der Waals surface area (Å²) in [6.07, 6.45) is -5.56. The summed E-state index contributed by atoms with van der Waals surface area (Å²) in [6, 6.07) is 8.60. The summed E-state index contributed by atoms with van der Waals surface area (Å²) in [4.78, 5) is 76.4. The summed E-state index contributed by atoms with van der Waals surface area (Å²) in [5, 5.41) is 4.69. The van der Waals surface area contributed by atoms with Gasteiger partial charge in [-0.15, -0.1) is 0 Å². The van der Waals surface area contributed by atoms with Crippen molar-refractivity contribution in [3.63, 3.8) is 0 Å². The van der Waals surface area contributed by atoms with Crippen molar-refractivity contribution in [1.29, 1.82) is 0 Å². The van der Waals surface area contributed by atoms with Crippen LogP contribution in [-0.2, 0) is 57.6 Å². The van der Waals surface area contributed by atoms with Crippen LogP contribution in [0.3, 0.4) is 0 Å². The molecule has 72 heavy (non-hydrogen) atoms. The first-order valence-corrected chi connectivity index (χ1v) is 34.4. The zero-order valence-corrected chi connectivity index (χ0v) is 47.5. The van der Waals surface area contributed by atoms with Crippen molar-refractivity contribution in [2.75, 3.05) is 23.8 Å². The van der Waals surface area contributed by atoms with Gasteiger partial charge in [-0.05, 0) is 60.2 Å². The third-order valence-electron chi connectivity index (χ3n) is 13.7. The molecule has 0 radical (unpaired) electrons. The standard InChI is InChI=1S/C43H62N10O13P2S2Si2/c1-23(2)36(54)50-41-49-35-28(38(56)51-41)47-22-53(35)40-32-30(66-72(11,12)43(6,7)8)26(62-40)19-60-67(57,69)63-31-29(65-71(9,10)42(3,4)5)25(18-59-68(58,70)64-32)61-39(31)52-21-46-27-33(44-20-45-34(27)52)48-37(55)24-16-14-13-15-17-24/h13-17,20-23,25-26,29-32,39-40H,18-19H2,1-12H3,(H,57,69)(H,58,70)(H,44,45,48,55)(H2,49,50,51,54,56)/t25-,26-,29-,30-,31-,32-,39-,40-,67?,68?/m1/s1. The van der Waals surface area contributed by atoms with Gasteiger partial charge in [0.15, 0.2) is 57.2 Å². The number of amides is 2. The number of hydrogen-bond donors (Lipinski definition) is 5. The SMILES string of the molecule is CC(C)C(=O)Nc1nc2c(ncn2[C@@H]2O[C@@H]3COP(O)(=S)O[C@@H]4[C@H](O[Si](C)(C)C(C)(C)C)[C@@H](COP(=O)(S)O[C@@H]2[C@@H]3O[Si](C)(C)C(C)(C)C)O[C@H]4n2cnc3c(NC(=O)c4ccccc4)ncnc32)c(=O)[nH]1. The zero-order valence-electron chi connectivity index (χ0n) is 42.0. The summed E-state index contributed by atoms with van der Waals surface area (Å²) in [7, 11) is -5.57. The Labute approximate surface area is 428 Å². The largest absolute Gasteiger partial charge is 0.408 e. The van der Waals surface area contributed by atoms with Gasteiger partial charge in [0.2, 0.25) is 11.9 Å². The maximum Gasteiger partial charge on any atom is 0.386 e. The quantitative estimate of drug-likeness (QED) is 0.0516. The van der Waals surface area contributed by atoms with E-state index in [0.29, 0.717) is 5.56 Å². The summed E-state index contributed by atoms with van der Waals surface area (Å²) in [5.74, 6) is -1.30. The van der Waals surface area contributed by atoms with Gasteiger partial charge < -0.3 is 33.1 Å². The van der Waals surface area contributed by atoms with Crippen LogP contribution in [0.4, 0.5) is 11.8 Å². The Balaban J connectivity index is 1.21. The van der Waals surface area contributed by atoms with Gasteiger partial charge in [0.25, 0.3) is 11.5 Å². The van der Waals surface area contributed by atoms with Gasteiger partial charge in [-0.25, -0.2) is 24.5 Å². The minimum atomic E-state index is -4.51. The number of nitrogens with one attached hydrogen (secondary N) is 3. The van der Waals surface area contributed by atoms with Crippen LogP contribution in [0.5, 0.6) is 0 Å². The second kappa shape index (κ2) is 20.1. The highest BCUT2D eigenvalue weighted by Crippen LogP contribution is 2.59. The molecule has 2 amide bonds. The molecule has 8 rings (SSSR count). The number of thiol groups is 1. The molecule has 23 nitrogen and oxygen atoms in total. The maximum atomic E-state index is 14.9. The van der Waals surface area contributed by atoms with Crippen LogP contribution in [0.2, 0.25) is 36.3 Å². The number of carbonyl (C=O) groups excluding carboxylic acids is 2. The number of benzene rings is 1. The fourth-order valence-corrected chi connectivity index (χ4v) is 13.2. The lowest BCUT2D eigenvalue weighted by Gasteiger charge is -2.41. The van der Waals surface area contributed by atoms with E-state index in [1.807, 2.05) is 67.7 Å². The fraction of sp³-hybridized carbons (Fsp3) is 0.581. The number of aromatic amines is 1. The van der Waals surface area contributed by atoms with E-state index in [-0.39, 0.29) is 44.2 Å². The van der Waals surface area contributed by atoms with E-state index in [0.717, 1.165) is 0 Å². The lowest BCUT2D eigenvalue weighted by molar-refractivity contribution is -0.118. The number of fused-ring (bicyclic) bond motifs is 6. The number of nitrogens with zero attached hydrogens (tertiary/aromatic N) is 7. The van der Waals surface area contributed by atoms with E-state index in [9.17, 15) is 23.8 Å². The minimum absolute atomic E-state index is 0.0159. The van der Waals surface area contributed by atoms with Crippen molar-refractivity contribution in [1.82, 2.24) is 39.0 Å². The molecule has 1 aromatic carbocycles. The van der Waals surface area contributed by atoms with Gasteiger partial charge in [-0.2, -0.15) is 4.98 Å². The predicted octanol–water partition coefficient (Wildman–Crippen LogP) is 7.45. The highest BCUT2D eigenvalue weighted by Gasteiger charge is 2.57. The molecule has 0 spiro atoms. The Kier molecular flexibility index (Phi) is 15.3. The van der Waals surface area contributed by atoms with Crippen LogP contribution >= 0.6 is 25.8 Å². The molecule has 3 saturated heterocycles. The molecule has 2 unspecified atom stereocenters. The topological polar surface area (TPSA) is 277 Å². The molecule has 7 heterocycles. The second-order valence-electron chi connectivity index (χ2n) is 21.2. The molecule has 3 fully saturated rings. The normalized spacial score (nSPS) is 28.9. The Morgan fingerprint density at radius 3 is 1.94 bits per heavy atom. The lowest BCUT2D eigenvalue weighted by Crippen LogP contribution is -2.51. The van der Waals surface area contributed by atoms with Crippen molar-refractivity contribution in [3.05, 3.63) is 65.2 Å². The molecule has 0 aliphatic carbocycles. The molecule has 0 saturated carbocycles. The molecule has 3 aliphatic rings. The van der Waals surface area contributed by atoms with Gasteiger partial charge in [0.1, 0.15) is 43.0 Å². The van der Waals surface area contributed by atoms with Crippen molar-refractivity contribution < 1.29 is 55.5 Å². The monoisotopic (exact) mass is 1110 g/mol. The third kappa shape index (κ3) is 11.3. The Morgan fingerprint density at radius 2 is 1.38 bits per heavy atom. The zero-order chi connectivity index (χ0) is 52.5. The number of anilines is 2. The van der Waals surface area contributed by atoms with Crippen molar-refractivity contribution in [2.24, 2.45) is 5.92 Å². The number of aromatic nitrogens is 8. The highest BCUT2D eigenvalue weighted by molar-refractivity contribution is 8.44. The number of ether oxygens (including phenoxy) is 2. The van der Waals surface area contributed by atoms with E-state index < -0.39 is 116 Å². The summed E-state index contributed by atoms with van der Waals surface area (Å²) in [5.41, 5.74) is 0.0492. The maximum absolute atomic E-state index is 14.9. The molecule has 29 heteroatoms. The number of rotatable bonds is 10. The molecule has 4 bridgehead atoms. The van der Waals surface area contributed by atoms with E-state index in [2.05, 4.69) is 52.8 Å². The minimum Gasteiger partial charge on any atom is -0.408 e. The summed E-state index contributed by atoms with van der Waals surface area (Å²) < 4.78 is 71.0. The first-order chi connectivity index (χ1) is 33.5. The lowest BCUT2D eigenvalue weighted by atomic mass is 10.1. The average Bonchev–Trinajstić information content (AvgIpc) is 4.05. The number of imidazole rings is 2. The molecule has 5 aromatic rings. The van der Waals surface area contributed by atoms with E-state index in [1.165, 1.54) is 23.5 Å². The molecule has 4 aromatic heterocycles. The van der Waals surface area contributed by atoms with Gasteiger partial charge >= 0.3 is 13.5 Å². The van der Waals surface area contributed by atoms with Crippen molar-refractivity contribution >= 4 is 100 Å². The molecular formula is C43H62N10O13P2S2Si2. The van der Waals surface area contributed by atoms with Crippen molar-refractivity contribution in [3.8, 4) is 0 Å². The van der Waals surface area contributed by atoms with Crippen LogP contribution in [0, 0.1) is 5.92 Å². The molecular weight excluding hydrogens is 1050 g/mol. The second-order valence-corrected chi connectivity index (χ2v) is 36.4.